The van der Waals surface area contributed by atoms with E-state index in [-0.39, 0.29) is 0 Å². The molecule has 1 saturated carbocycles. The van der Waals surface area contributed by atoms with E-state index in [1.54, 1.807) is 0 Å². The molecule has 2 aliphatic rings. The molecule has 0 spiro atoms. The first-order chi connectivity index (χ1) is 10.4. The summed E-state index contributed by atoms with van der Waals surface area (Å²) >= 11 is 0. The molecule has 1 fully saturated rings. The molecule has 0 saturated heterocycles. The second-order valence-corrected chi connectivity index (χ2v) is 6.02. The minimum atomic E-state index is 0.683. The number of pyridine rings is 1. The van der Waals surface area contributed by atoms with Crippen LogP contribution in [-0.4, -0.2) is 23.0 Å². The summed E-state index contributed by atoms with van der Waals surface area (Å²) in [5.41, 5.74) is 3.78. The topological polar surface area (TPSA) is 25.4 Å². The fourth-order valence-electron chi connectivity index (χ4n) is 2.90. The molecule has 108 valence electrons. The Balaban J connectivity index is 1.52. The Bertz CT molecular complexity index is 622. The van der Waals surface area contributed by atoms with Crippen molar-refractivity contribution in [2.75, 3.05) is 13.2 Å². The minimum absolute atomic E-state index is 0.683. The summed E-state index contributed by atoms with van der Waals surface area (Å²) < 4.78 is 5.88. The van der Waals surface area contributed by atoms with Crippen LogP contribution >= 0.6 is 0 Å². The average molecular weight is 280 g/mol. The molecule has 0 unspecified atom stereocenters. The number of hydrogen-bond donors (Lipinski definition) is 0. The van der Waals surface area contributed by atoms with Gasteiger partial charge in [0.1, 0.15) is 6.61 Å². The lowest BCUT2D eigenvalue weighted by Gasteiger charge is -2.19. The molecular weight excluding hydrogens is 260 g/mol. The predicted octanol–water partition coefficient (Wildman–Crippen LogP) is 3.35. The van der Waals surface area contributed by atoms with Gasteiger partial charge in [-0.15, -0.1) is 0 Å². The molecular formula is C18H20N2O. The van der Waals surface area contributed by atoms with Crippen LogP contribution in [0, 0.1) is 0 Å². The SMILES string of the molecule is c1ccc(CN2CCOc3nc(C4CC4)ccc3C2)cc1. The molecule has 2 aromatic rings. The maximum absolute atomic E-state index is 5.88. The Kier molecular flexibility index (Phi) is 3.36. The van der Waals surface area contributed by atoms with Gasteiger partial charge >= 0.3 is 0 Å². The highest BCUT2D eigenvalue weighted by molar-refractivity contribution is 5.31. The van der Waals surface area contributed by atoms with Gasteiger partial charge in [0, 0.05) is 36.8 Å². The van der Waals surface area contributed by atoms with Gasteiger partial charge in [-0.2, -0.15) is 0 Å². The molecule has 0 N–H and O–H groups in total. The van der Waals surface area contributed by atoms with E-state index < -0.39 is 0 Å². The van der Waals surface area contributed by atoms with Gasteiger partial charge in [0.25, 0.3) is 0 Å². The van der Waals surface area contributed by atoms with Crippen LogP contribution in [-0.2, 0) is 13.1 Å². The fraction of sp³-hybridized carbons (Fsp3) is 0.389. The van der Waals surface area contributed by atoms with Crippen LogP contribution in [0.4, 0.5) is 0 Å². The van der Waals surface area contributed by atoms with Gasteiger partial charge in [-0.1, -0.05) is 36.4 Å². The molecule has 0 atom stereocenters. The lowest BCUT2D eigenvalue weighted by Crippen LogP contribution is -2.25. The van der Waals surface area contributed by atoms with E-state index in [4.69, 9.17) is 9.72 Å². The molecule has 0 amide bonds. The van der Waals surface area contributed by atoms with Crippen molar-refractivity contribution in [2.24, 2.45) is 0 Å². The van der Waals surface area contributed by atoms with Crippen molar-refractivity contribution in [3.05, 3.63) is 59.3 Å². The maximum Gasteiger partial charge on any atom is 0.218 e. The summed E-state index contributed by atoms with van der Waals surface area (Å²) in [4.78, 5) is 7.16. The number of fused-ring (bicyclic) bond motifs is 1. The number of ether oxygens (including phenoxy) is 1. The van der Waals surface area contributed by atoms with E-state index in [2.05, 4.69) is 47.4 Å². The van der Waals surface area contributed by atoms with Gasteiger partial charge in [-0.3, -0.25) is 4.90 Å². The summed E-state index contributed by atoms with van der Waals surface area (Å²) in [5.74, 6) is 1.54. The second kappa shape index (κ2) is 5.49. The summed E-state index contributed by atoms with van der Waals surface area (Å²) in [6.45, 7) is 3.56. The third-order valence-electron chi connectivity index (χ3n) is 4.25. The molecule has 4 rings (SSSR count). The number of rotatable bonds is 3. The normalized spacial score (nSPS) is 18.7. The van der Waals surface area contributed by atoms with E-state index in [1.807, 2.05) is 0 Å². The highest BCUT2D eigenvalue weighted by Crippen LogP contribution is 2.40. The Morgan fingerprint density at radius 1 is 1.10 bits per heavy atom. The van der Waals surface area contributed by atoms with Crippen molar-refractivity contribution < 1.29 is 4.74 Å². The number of aromatic nitrogens is 1. The van der Waals surface area contributed by atoms with Crippen molar-refractivity contribution >= 4 is 0 Å². The van der Waals surface area contributed by atoms with E-state index >= 15 is 0 Å². The van der Waals surface area contributed by atoms with Crippen LogP contribution in [0.5, 0.6) is 5.88 Å². The van der Waals surface area contributed by atoms with Crippen molar-refractivity contribution in [3.8, 4) is 5.88 Å². The van der Waals surface area contributed by atoms with Gasteiger partial charge in [-0.05, 0) is 24.5 Å². The van der Waals surface area contributed by atoms with E-state index in [0.29, 0.717) is 5.92 Å². The molecule has 3 nitrogen and oxygen atoms in total. The van der Waals surface area contributed by atoms with Crippen LogP contribution in [0.2, 0.25) is 0 Å². The lowest BCUT2D eigenvalue weighted by atomic mass is 10.1. The van der Waals surface area contributed by atoms with Gasteiger partial charge < -0.3 is 4.74 Å². The third-order valence-corrected chi connectivity index (χ3v) is 4.25. The van der Waals surface area contributed by atoms with E-state index in [0.717, 1.165) is 32.1 Å². The molecule has 1 aromatic carbocycles. The Labute approximate surface area is 125 Å². The zero-order valence-corrected chi connectivity index (χ0v) is 12.2. The van der Waals surface area contributed by atoms with E-state index in [1.165, 1.54) is 29.7 Å². The van der Waals surface area contributed by atoms with Gasteiger partial charge in [-0.25, -0.2) is 4.98 Å². The van der Waals surface area contributed by atoms with Crippen molar-refractivity contribution in [1.82, 2.24) is 9.88 Å². The monoisotopic (exact) mass is 280 g/mol. The zero-order chi connectivity index (χ0) is 14.1. The molecule has 2 heterocycles. The third kappa shape index (κ3) is 2.93. The minimum Gasteiger partial charge on any atom is -0.476 e. The zero-order valence-electron chi connectivity index (χ0n) is 12.2. The first-order valence-corrected chi connectivity index (χ1v) is 7.77. The van der Waals surface area contributed by atoms with Crippen molar-refractivity contribution in [2.45, 2.75) is 31.8 Å². The highest BCUT2D eigenvalue weighted by Gasteiger charge is 2.26. The highest BCUT2D eigenvalue weighted by atomic mass is 16.5. The molecule has 1 aromatic heterocycles. The van der Waals surface area contributed by atoms with Crippen LogP contribution in [0.15, 0.2) is 42.5 Å². The Hall–Kier alpha value is -1.87. The quantitative estimate of drug-likeness (QED) is 0.862. The fourth-order valence-corrected chi connectivity index (χ4v) is 2.90. The summed E-state index contributed by atoms with van der Waals surface area (Å²) in [6.07, 6.45) is 2.57. The maximum atomic E-state index is 5.88. The molecule has 3 heteroatoms. The first-order valence-electron chi connectivity index (χ1n) is 7.77. The van der Waals surface area contributed by atoms with Crippen LogP contribution in [0.1, 0.15) is 35.6 Å². The number of hydrogen-bond acceptors (Lipinski definition) is 3. The van der Waals surface area contributed by atoms with Gasteiger partial charge in [0.05, 0.1) is 0 Å². The van der Waals surface area contributed by atoms with Crippen LogP contribution in [0.25, 0.3) is 0 Å². The molecule has 1 aliphatic carbocycles. The largest absolute Gasteiger partial charge is 0.476 e. The average Bonchev–Trinajstić information content (AvgIpc) is 3.34. The first kappa shape index (κ1) is 12.8. The Morgan fingerprint density at radius 3 is 2.76 bits per heavy atom. The standard InChI is InChI=1S/C18H20N2O/c1-2-4-14(5-3-1)12-20-10-11-21-18-16(13-20)8-9-17(19-18)15-6-7-15/h1-5,8-9,15H,6-7,10-13H2. The predicted molar refractivity (Wildman–Crippen MR) is 82.3 cm³/mol. The summed E-state index contributed by atoms with van der Waals surface area (Å²) in [5, 5.41) is 0. The van der Waals surface area contributed by atoms with Gasteiger partial charge in [0.15, 0.2) is 0 Å². The van der Waals surface area contributed by atoms with Gasteiger partial charge in [0.2, 0.25) is 5.88 Å². The summed E-state index contributed by atoms with van der Waals surface area (Å²) in [6, 6.07) is 15.0. The molecule has 0 radical (unpaired) electrons. The molecule has 1 aliphatic heterocycles. The van der Waals surface area contributed by atoms with E-state index in [9.17, 15) is 0 Å². The number of nitrogens with zero attached hydrogens (tertiary/aromatic N) is 2. The second-order valence-electron chi connectivity index (χ2n) is 6.02. The van der Waals surface area contributed by atoms with Crippen molar-refractivity contribution in [3.63, 3.8) is 0 Å². The smallest absolute Gasteiger partial charge is 0.218 e. The van der Waals surface area contributed by atoms with Crippen LogP contribution < -0.4 is 4.74 Å². The Morgan fingerprint density at radius 2 is 1.95 bits per heavy atom. The molecule has 0 bridgehead atoms. The summed E-state index contributed by atoms with van der Waals surface area (Å²) in [7, 11) is 0. The van der Waals surface area contributed by atoms with Crippen LogP contribution in [0.3, 0.4) is 0 Å². The molecule has 21 heavy (non-hydrogen) atoms. The van der Waals surface area contributed by atoms with Crippen molar-refractivity contribution in [1.29, 1.82) is 0 Å². The lowest BCUT2D eigenvalue weighted by molar-refractivity contribution is 0.217. The number of benzene rings is 1.